The highest BCUT2D eigenvalue weighted by atomic mass is 16.5. The molecular formula is C16H18N2O4. The van der Waals surface area contributed by atoms with E-state index in [4.69, 9.17) is 15.6 Å². The first kappa shape index (κ1) is 15.9. The van der Waals surface area contributed by atoms with E-state index in [9.17, 15) is 9.90 Å². The van der Waals surface area contributed by atoms with Crippen LogP contribution in [-0.4, -0.2) is 21.2 Å². The number of aromatic hydroxyl groups is 1. The number of carboxylic acids is 1. The quantitative estimate of drug-likeness (QED) is 0.753. The van der Waals surface area contributed by atoms with Crippen LogP contribution < -0.4 is 5.73 Å². The molecule has 0 amide bonds. The van der Waals surface area contributed by atoms with Gasteiger partial charge in [0, 0.05) is 23.9 Å². The molecule has 0 bridgehead atoms. The lowest BCUT2D eigenvalue weighted by molar-refractivity contribution is 0.0696. The van der Waals surface area contributed by atoms with Crippen LogP contribution in [0.4, 0.5) is 0 Å². The number of benzene rings is 1. The number of hydrogen-bond donors (Lipinski definition) is 3. The molecule has 0 aliphatic rings. The van der Waals surface area contributed by atoms with Crippen LogP contribution in [0.5, 0.6) is 5.75 Å². The summed E-state index contributed by atoms with van der Waals surface area (Å²) < 4.78 is 5.59. The predicted molar refractivity (Wildman–Crippen MR) is 80.4 cm³/mol. The molecule has 6 heteroatoms. The Hall–Kier alpha value is -2.44. The molecule has 4 N–H and O–H groups in total. The molecule has 0 fully saturated rings. The first-order valence-electron chi connectivity index (χ1n) is 6.79. The zero-order valence-corrected chi connectivity index (χ0v) is 12.2. The molecule has 0 spiro atoms. The van der Waals surface area contributed by atoms with Gasteiger partial charge < -0.3 is 20.7 Å². The molecule has 2 aromatic rings. The van der Waals surface area contributed by atoms with Gasteiger partial charge in [0.15, 0.2) is 0 Å². The number of aromatic carboxylic acids is 1. The molecule has 0 unspecified atom stereocenters. The Bertz CT molecular complexity index is 669. The number of carboxylic acid groups (broad SMARTS) is 1. The summed E-state index contributed by atoms with van der Waals surface area (Å²) >= 11 is 0. The number of aryl methyl sites for hydroxylation is 1. The second-order valence-corrected chi connectivity index (χ2v) is 4.90. The summed E-state index contributed by atoms with van der Waals surface area (Å²) in [6.45, 7) is 2.52. The number of aromatic nitrogens is 1. The van der Waals surface area contributed by atoms with Crippen LogP contribution in [-0.2, 0) is 24.5 Å². The average Bonchev–Trinajstić information content (AvgIpc) is 2.51. The Balaban J connectivity index is 1.99. The monoisotopic (exact) mass is 302 g/mol. The molecule has 1 heterocycles. The number of rotatable bonds is 6. The van der Waals surface area contributed by atoms with Crippen molar-refractivity contribution in [1.29, 1.82) is 0 Å². The number of hydrogen-bond acceptors (Lipinski definition) is 5. The number of nitrogens with two attached hydrogens (primary N) is 1. The van der Waals surface area contributed by atoms with Crippen LogP contribution in [0.2, 0.25) is 0 Å². The van der Waals surface area contributed by atoms with Gasteiger partial charge in [-0.15, -0.1) is 0 Å². The van der Waals surface area contributed by atoms with Crippen LogP contribution in [0.25, 0.3) is 0 Å². The number of nitrogens with zero attached hydrogens (tertiary/aromatic N) is 1. The second-order valence-electron chi connectivity index (χ2n) is 4.90. The topological polar surface area (TPSA) is 106 Å². The summed E-state index contributed by atoms with van der Waals surface area (Å²) in [5.74, 6) is -0.851. The van der Waals surface area contributed by atoms with E-state index in [2.05, 4.69) is 4.98 Å². The lowest BCUT2D eigenvalue weighted by Crippen LogP contribution is -2.06. The molecule has 1 aromatic heterocycles. The number of ether oxygens (including phenoxy) is 1. The Morgan fingerprint density at radius 2 is 1.95 bits per heavy atom. The summed E-state index contributed by atoms with van der Waals surface area (Å²) in [4.78, 5) is 14.9. The highest BCUT2D eigenvalue weighted by molar-refractivity contribution is 5.87. The predicted octanol–water partition coefficient (Wildman–Crippen LogP) is 1.97. The van der Waals surface area contributed by atoms with E-state index in [0.29, 0.717) is 17.9 Å². The van der Waals surface area contributed by atoms with Crippen molar-refractivity contribution in [3.63, 3.8) is 0 Å². The molecule has 1 aromatic carbocycles. The van der Waals surface area contributed by atoms with Gasteiger partial charge in [-0.25, -0.2) is 4.79 Å². The Morgan fingerprint density at radius 1 is 1.27 bits per heavy atom. The minimum atomic E-state index is -0.957. The fraction of sp³-hybridized carbons (Fsp3) is 0.250. The molecule has 0 aliphatic heterocycles. The Kier molecular flexibility index (Phi) is 5.08. The van der Waals surface area contributed by atoms with E-state index in [1.807, 2.05) is 0 Å². The second kappa shape index (κ2) is 7.02. The van der Waals surface area contributed by atoms with Gasteiger partial charge in [0.05, 0.1) is 24.5 Å². The van der Waals surface area contributed by atoms with Crippen molar-refractivity contribution in [3.05, 3.63) is 58.4 Å². The van der Waals surface area contributed by atoms with Gasteiger partial charge in [0.1, 0.15) is 5.75 Å². The van der Waals surface area contributed by atoms with Crippen molar-refractivity contribution < 1.29 is 19.7 Å². The smallest absolute Gasteiger partial charge is 0.335 e. The van der Waals surface area contributed by atoms with Crippen molar-refractivity contribution in [2.24, 2.45) is 5.73 Å². The Labute approximate surface area is 128 Å². The lowest BCUT2D eigenvalue weighted by atomic mass is 10.1. The van der Waals surface area contributed by atoms with Gasteiger partial charge in [0.25, 0.3) is 0 Å². The van der Waals surface area contributed by atoms with Crippen LogP contribution in [0.3, 0.4) is 0 Å². The third kappa shape index (κ3) is 3.60. The molecule has 116 valence electrons. The van der Waals surface area contributed by atoms with Crippen LogP contribution in [0, 0.1) is 6.92 Å². The third-order valence-corrected chi connectivity index (χ3v) is 3.36. The maximum absolute atomic E-state index is 10.8. The van der Waals surface area contributed by atoms with Gasteiger partial charge in [-0.3, -0.25) is 4.98 Å². The van der Waals surface area contributed by atoms with Crippen molar-refractivity contribution >= 4 is 5.97 Å². The summed E-state index contributed by atoms with van der Waals surface area (Å²) in [6, 6.07) is 6.48. The molecule has 0 saturated heterocycles. The van der Waals surface area contributed by atoms with E-state index in [-0.39, 0.29) is 24.5 Å². The first-order chi connectivity index (χ1) is 10.5. The number of pyridine rings is 1. The van der Waals surface area contributed by atoms with Crippen molar-refractivity contribution in [2.75, 3.05) is 0 Å². The molecule has 0 aliphatic carbocycles. The van der Waals surface area contributed by atoms with Crippen molar-refractivity contribution in [2.45, 2.75) is 26.7 Å². The zero-order chi connectivity index (χ0) is 16.1. The minimum absolute atomic E-state index is 0.106. The van der Waals surface area contributed by atoms with Gasteiger partial charge in [-0.1, -0.05) is 12.1 Å². The summed E-state index contributed by atoms with van der Waals surface area (Å²) in [5, 5.41) is 18.8. The molecule has 0 radical (unpaired) electrons. The summed E-state index contributed by atoms with van der Waals surface area (Å²) in [5.41, 5.74) is 8.66. The normalized spacial score (nSPS) is 10.6. The fourth-order valence-corrected chi connectivity index (χ4v) is 2.06. The standard InChI is InChI=1S/C16H18N2O4/c1-10-15(19)14(6-17)13(7-18-10)9-22-8-11-2-4-12(5-3-11)16(20)21/h2-5,7,19H,6,8-9,17H2,1H3,(H,20,21). The molecule has 0 saturated carbocycles. The highest BCUT2D eigenvalue weighted by Crippen LogP contribution is 2.23. The van der Waals surface area contributed by atoms with E-state index < -0.39 is 5.97 Å². The summed E-state index contributed by atoms with van der Waals surface area (Å²) in [6.07, 6.45) is 1.64. The van der Waals surface area contributed by atoms with E-state index in [0.717, 1.165) is 11.1 Å². The van der Waals surface area contributed by atoms with Crippen molar-refractivity contribution in [3.8, 4) is 5.75 Å². The van der Waals surface area contributed by atoms with Crippen molar-refractivity contribution in [1.82, 2.24) is 4.98 Å². The molecule has 22 heavy (non-hydrogen) atoms. The SMILES string of the molecule is Cc1ncc(COCc2ccc(C(=O)O)cc2)c(CN)c1O. The molecule has 6 nitrogen and oxygen atoms in total. The van der Waals surface area contributed by atoms with Crippen LogP contribution in [0.1, 0.15) is 32.7 Å². The highest BCUT2D eigenvalue weighted by Gasteiger charge is 2.10. The maximum atomic E-state index is 10.8. The third-order valence-electron chi connectivity index (χ3n) is 3.36. The largest absolute Gasteiger partial charge is 0.506 e. The van der Waals surface area contributed by atoms with Crippen LogP contribution in [0.15, 0.2) is 30.5 Å². The van der Waals surface area contributed by atoms with E-state index in [1.54, 1.807) is 25.3 Å². The zero-order valence-electron chi connectivity index (χ0n) is 12.2. The van der Waals surface area contributed by atoms with E-state index in [1.165, 1.54) is 12.1 Å². The summed E-state index contributed by atoms with van der Waals surface area (Å²) in [7, 11) is 0. The fourth-order valence-electron chi connectivity index (χ4n) is 2.06. The van der Waals surface area contributed by atoms with Crippen LogP contribution >= 0.6 is 0 Å². The first-order valence-corrected chi connectivity index (χ1v) is 6.79. The van der Waals surface area contributed by atoms with Gasteiger partial charge in [-0.2, -0.15) is 0 Å². The maximum Gasteiger partial charge on any atom is 0.335 e. The minimum Gasteiger partial charge on any atom is -0.506 e. The van der Waals surface area contributed by atoms with Gasteiger partial charge in [-0.05, 0) is 24.6 Å². The molecular weight excluding hydrogens is 284 g/mol. The molecule has 2 rings (SSSR count). The van der Waals surface area contributed by atoms with Gasteiger partial charge in [0.2, 0.25) is 0 Å². The Morgan fingerprint density at radius 3 is 2.55 bits per heavy atom. The molecule has 0 atom stereocenters. The number of carbonyl (C=O) groups is 1. The van der Waals surface area contributed by atoms with E-state index >= 15 is 0 Å². The lowest BCUT2D eigenvalue weighted by Gasteiger charge is -2.11. The van der Waals surface area contributed by atoms with Gasteiger partial charge >= 0.3 is 5.97 Å². The average molecular weight is 302 g/mol.